The molecule has 3 N–H and O–H groups in total. The number of nitrogens with zero attached hydrogens (tertiary/aromatic N) is 1. The van der Waals surface area contributed by atoms with E-state index in [-0.39, 0.29) is 19.1 Å². The van der Waals surface area contributed by atoms with E-state index >= 15 is 0 Å². The molecule has 3 unspecified atom stereocenters. The van der Waals surface area contributed by atoms with Gasteiger partial charge in [-0.15, -0.1) is 0 Å². The van der Waals surface area contributed by atoms with Crippen molar-refractivity contribution in [3.8, 4) is 0 Å². The van der Waals surface area contributed by atoms with Gasteiger partial charge in [0.15, 0.2) is 0 Å². The van der Waals surface area contributed by atoms with Crippen LogP contribution < -0.4 is 5.32 Å². The second kappa shape index (κ2) is 37.1. The number of phosphoric ester groups is 1. The highest BCUT2D eigenvalue weighted by Gasteiger charge is 2.28. The molecular formula is C44H92N2O6P+. The van der Waals surface area contributed by atoms with Gasteiger partial charge in [-0.25, -0.2) is 4.57 Å². The lowest BCUT2D eigenvalue weighted by Gasteiger charge is -2.26. The number of likely N-dealkylation sites (N-methyl/N-ethyl adjacent to an activating group) is 1. The Morgan fingerprint density at radius 3 is 1.26 bits per heavy atom. The minimum atomic E-state index is -4.30. The van der Waals surface area contributed by atoms with Crippen molar-refractivity contribution in [2.24, 2.45) is 0 Å². The Balaban J connectivity index is 4.21. The minimum Gasteiger partial charge on any atom is -0.391 e. The Kier molecular flexibility index (Phi) is 36.7. The average Bonchev–Trinajstić information content (AvgIpc) is 3.10. The Morgan fingerprint density at radius 1 is 0.566 bits per heavy atom. The summed E-state index contributed by atoms with van der Waals surface area (Å²) in [6.45, 7) is 4.89. The highest BCUT2D eigenvalue weighted by atomic mass is 31.2. The monoisotopic (exact) mass is 776 g/mol. The van der Waals surface area contributed by atoms with Crippen molar-refractivity contribution in [3.05, 3.63) is 0 Å². The number of hydrogen-bond acceptors (Lipinski definition) is 5. The molecule has 0 bridgehead atoms. The van der Waals surface area contributed by atoms with Gasteiger partial charge < -0.3 is 19.8 Å². The molecule has 0 aliphatic carbocycles. The lowest BCUT2D eigenvalue weighted by molar-refractivity contribution is -0.870. The van der Waals surface area contributed by atoms with Crippen LogP contribution in [0.4, 0.5) is 0 Å². The normalized spacial score (nSPS) is 14.3. The first-order chi connectivity index (χ1) is 25.5. The molecule has 8 nitrogen and oxygen atoms in total. The number of carbonyl (C=O) groups excluding carboxylic acids is 1. The van der Waals surface area contributed by atoms with Crippen LogP contribution >= 0.6 is 7.82 Å². The number of rotatable bonds is 42. The number of aliphatic hydroxyl groups excluding tert-OH is 1. The number of hydrogen-bond donors (Lipinski definition) is 3. The van der Waals surface area contributed by atoms with Crippen LogP contribution in [0.15, 0.2) is 0 Å². The van der Waals surface area contributed by atoms with E-state index in [9.17, 15) is 19.4 Å². The number of aliphatic hydroxyl groups is 1. The zero-order valence-corrected chi connectivity index (χ0v) is 36.9. The summed E-state index contributed by atoms with van der Waals surface area (Å²) >= 11 is 0. The van der Waals surface area contributed by atoms with Gasteiger partial charge in [0.05, 0.1) is 39.9 Å². The average molecular weight is 776 g/mol. The van der Waals surface area contributed by atoms with Gasteiger partial charge in [-0.3, -0.25) is 13.8 Å². The molecule has 0 saturated carbocycles. The summed E-state index contributed by atoms with van der Waals surface area (Å²) in [5.41, 5.74) is 0. The summed E-state index contributed by atoms with van der Waals surface area (Å²) in [6.07, 6.45) is 39.9. The van der Waals surface area contributed by atoms with Gasteiger partial charge in [0.1, 0.15) is 13.2 Å². The summed E-state index contributed by atoms with van der Waals surface area (Å²) in [5, 5.41) is 13.9. The fourth-order valence-electron chi connectivity index (χ4n) is 6.93. The van der Waals surface area contributed by atoms with Gasteiger partial charge in [-0.05, 0) is 12.8 Å². The van der Waals surface area contributed by atoms with Gasteiger partial charge in [0.2, 0.25) is 5.91 Å². The fraction of sp³-hybridized carbons (Fsp3) is 0.977. The standard InChI is InChI=1S/C44H91N2O6P/c1-6-8-10-12-14-16-18-19-20-21-22-23-24-25-26-27-28-29-31-33-35-37-43(47)42(41-52-53(49,50)51-40-39-46(3,4)5)45-44(48)38-36-34-32-30-17-15-13-11-9-7-2/h42-43,47H,6-41H2,1-5H3,(H-,45,48,49,50)/p+1. The molecule has 0 aromatic heterocycles. The van der Waals surface area contributed by atoms with Crippen molar-refractivity contribution >= 4 is 13.7 Å². The number of carbonyl (C=O) groups is 1. The zero-order valence-electron chi connectivity index (χ0n) is 36.0. The lowest BCUT2D eigenvalue weighted by atomic mass is 10.0. The number of nitrogens with one attached hydrogen (secondary N) is 1. The first-order valence-electron chi connectivity index (χ1n) is 22.9. The van der Waals surface area contributed by atoms with Crippen LogP contribution in [0.25, 0.3) is 0 Å². The number of unbranched alkanes of at least 4 members (excludes halogenated alkanes) is 29. The molecule has 0 aliphatic rings. The molecule has 0 saturated heterocycles. The molecule has 53 heavy (non-hydrogen) atoms. The number of phosphoric acid groups is 1. The van der Waals surface area contributed by atoms with Gasteiger partial charge in [0, 0.05) is 6.42 Å². The molecule has 0 aliphatic heterocycles. The van der Waals surface area contributed by atoms with Crippen LogP contribution in [0.5, 0.6) is 0 Å². The third kappa shape index (κ3) is 39.5. The SMILES string of the molecule is CCCCCCCCCCCCCCCCCCCCCCCC(O)C(COP(=O)(O)OCC[N+](C)(C)C)NC(=O)CCCCCCCCCCCC. The molecule has 0 fully saturated rings. The molecule has 0 radical (unpaired) electrons. The van der Waals surface area contributed by atoms with Gasteiger partial charge in [0.25, 0.3) is 0 Å². The number of quaternary nitrogens is 1. The molecule has 3 atom stereocenters. The van der Waals surface area contributed by atoms with E-state index in [1.165, 1.54) is 161 Å². The molecular weight excluding hydrogens is 683 g/mol. The highest BCUT2D eigenvalue weighted by molar-refractivity contribution is 7.47. The van der Waals surface area contributed by atoms with Crippen LogP contribution in [0.3, 0.4) is 0 Å². The van der Waals surface area contributed by atoms with E-state index in [0.717, 1.165) is 38.5 Å². The first-order valence-corrected chi connectivity index (χ1v) is 24.4. The molecule has 0 heterocycles. The van der Waals surface area contributed by atoms with E-state index < -0.39 is 20.0 Å². The van der Waals surface area contributed by atoms with Gasteiger partial charge in [-0.2, -0.15) is 0 Å². The Bertz CT molecular complexity index is 839. The Labute approximate surface area is 329 Å². The predicted molar refractivity (Wildman–Crippen MR) is 226 cm³/mol. The molecule has 0 aromatic carbocycles. The zero-order chi connectivity index (χ0) is 39.3. The topological polar surface area (TPSA) is 105 Å². The summed E-state index contributed by atoms with van der Waals surface area (Å²) in [6, 6.07) is -0.752. The molecule has 318 valence electrons. The minimum absolute atomic E-state index is 0.0784. The molecule has 0 rings (SSSR count). The van der Waals surface area contributed by atoms with Crippen LogP contribution in [0, 0.1) is 0 Å². The molecule has 1 amide bonds. The first kappa shape index (κ1) is 52.5. The van der Waals surface area contributed by atoms with Crippen molar-refractivity contribution < 1.29 is 32.9 Å². The van der Waals surface area contributed by atoms with Crippen molar-refractivity contribution in [2.75, 3.05) is 40.9 Å². The number of amides is 1. The van der Waals surface area contributed by atoms with Crippen molar-refractivity contribution in [1.82, 2.24) is 5.32 Å². The van der Waals surface area contributed by atoms with Gasteiger partial charge >= 0.3 is 7.82 Å². The second-order valence-corrected chi connectivity index (χ2v) is 18.6. The van der Waals surface area contributed by atoms with E-state index in [4.69, 9.17) is 9.05 Å². The smallest absolute Gasteiger partial charge is 0.391 e. The van der Waals surface area contributed by atoms with Crippen LogP contribution in [-0.4, -0.2) is 73.4 Å². The highest BCUT2D eigenvalue weighted by Crippen LogP contribution is 2.43. The van der Waals surface area contributed by atoms with Crippen LogP contribution in [0.2, 0.25) is 0 Å². The van der Waals surface area contributed by atoms with E-state index in [1.807, 2.05) is 21.1 Å². The summed E-state index contributed by atoms with van der Waals surface area (Å²) in [4.78, 5) is 23.1. The third-order valence-corrected chi connectivity index (χ3v) is 11.6. The second-order valence-electron chi connectivity index (χ2n) is 17.1. The molecule has 0 spiro atoms. The van der Waals surface area contributed by atoms with Crippen molar-refractivity contribution in [2.45, 2.75) is 238 Å². The molecule has 0 aromatic rings. The maximum absolute atomic E-state index is 12.8. The summed E-state index contributed by atoms with van der Waals surface area (Å²) in [5.74, 6) is -0.144. The van der Waals surface area contributed by atoms with Crippen LogP contribution in [0.1, 0.15) is 226 Å². The Morgan fingerprint density at radius 2 is 0.906 bits per heavy atom. The molecule has 9 heteroatoms. The van der Waals surface area contributed by atoms with Crippen LogP contribution in [-0.2, 0) is 18.4 Å². The predicted octanol–water partition coefficient (Wildman–Crippen LogP) is 12.6. The van der Waals surface area contributed by atoms with E-state index in [2.05, 4.69) is 19.2 Å². The summed E-state index contributed by atoms with van der Waals surface area (Å²) in [7, 11) is 1.63. The van der Waals surface area contributed by atoms with E-state index in [0.29, 0.717) is 23.9 Å². The third-order valence-electron chi connectivity index (χ3n) is 10.6. The summed E-state index contributed by atoms with van der Waals surface area (Å²) < 4.78 is 23.6. The van der Waals surface area contributed by atoms with E-state index in [1.54, 1.807) is 0 Å². The maximum Gasteiger partial charge on any atom is 0.472 e. The Hall–Kier alpha value is -0.500. The quantitative estimate of drug-likeness (QED) is 0.0324. The van der Waals surface area contributed by atoms with Crippen molar-refractivity contribution in [1.29, 1.82) is 0 Å². The lowest BCUT2D eigenvalue weighted by Crippen LogP contribution is -2.46. The van der Waals surface area contributed by atoms with Crippen molar-refractivity contribution in [3.63, 3.8) is 0 Å². The maximum atomic E-state index is 12.8. The van der Waals surface area contributed by atoms with Gasteiger partial charge in [-0.1, -0.05) is 206 Å². The fourth-order valence-corrected chi connectivity index (χ4v) is 7.67. The largest absolute Gasteiger partial charge is 0.472 e.